The predicted octanol–water partition coefficient (Wildman–Crippen LogP) is 5.81. The first kappa shape index (κ1) is 20.9. The minimum Gasteiger partial charge on any atom is -0.491 e. The zero-order valence-electron chi connectivity index (χ0n) is 17.4. The van der Waals surface area contributed by atoms with Crippen molar-refractivity contribution in [2.24, 2.45) is 0 Å². The molecule has 158 valence electrons. The van der Waals surface area contributed by atoms with Crippen LogP contribution in [-0.4, -0.2) is 23.1 Å². The molecule has 1 aliphatic rings. The number of benzene rings is 3. The third kappa shape index (κ3) is 3.55. The number of hydrogen-bond donors (Lipinski definition) is 1. The highest BCUT2D eigenvalue weighted by Gasteiger charge is 2.49. The summed E-state index contributed by atoms with van der Waals surface area (Å²) in [5.41, 5.74) is 2.15. The van der Waals surface area contributed by atoms with Gasteiger partial charge >= 0.3 is 5.97 Å². The van der Waals surface area contributed by atoms with Crippen LogP contribution < -0.4 is 9.64 Å². The lowest BCUT2D eigenvalue weighted by Gasteiger charge is -2.25. The van der Waals surface area contributed by atoms with E-state index in [1.54, 1.807) is 23.1 Å². The minimum absolute atomic E-state index is 0.0540. The normalized spacial score (nSPS) is 17.7. The van der Waals surface area contributed by atoms with Crippen LogP contribution in [0.4, 0.5) is 11.4 Å². The Morgan fingerprint density at radius 3 is 2.26 bits per heavy atom. The summed E-state index contributed by atoms with van der Waals surface area (Å²) >= 11 is 6.30. The van der Waals surface area contributed by atoms with E-state index in [1.165, 1.54) is 12.1 Å². The molecule has 0 radical (unpaired) electrons. The molecular weight excluding hydrogens is 414 g/mol. The Balaban J connectivity index is 1.82. The number of aromatic carboxylic acids is 1. The summed E-state index contributed by atoms with van der Waals surface area (Å²) in [6, 6.07) is 19.2. The van der Waals surface area contributed by atoms with E-state index >= 15 is 0 Å². The molecule has 1 amide bonds. The molecule has 31 heavy (non-hydrogen) atoms. The van der Waals surface area contributed by atoms with Gasteiger partial charge in [0.2, 0.25) is 5.91 Å². The lowest BCUT2D eigenvalue weighted by atomic mass is 9.77. The van der Waals surface area contributed by atoms with Crippen molar-refractivity contribution in [3.63, 3.8) is 0 Å². The number of carbonyl (C=O) groups is 2. The van der Waals surface area contributed by atoms with Crippen LogP contribution in [0.15, 0.2) is 66.7 Å². The fourth-order valence-corrected chi connectivity index (χ4v) is 4.15. The molecule has 0 bridgehead atoms. The van der Waals surface area contributed by atoms with Gasteiger partial charge in [-0.05, 0) is 86.5 Å². The molecule has 0 spiro atoms. The number of carboxylic acids is 1. The first-order chi connectivity index (χ1) is 14.7. The summed E-state index contributed by atoms with van der Waals surface area (Å²) in [5, 5.41) is 9.73. The molecule has 1 aliphatic heterocycles. The highest BCUT2D eigenvalue weighted by molar-refractivity contribution is 6.31. The molecule has 0 saturated carbocycles. The van der Waals surface area contributed by atoms with E-state index in [0.717, 1.165) is 22.6 Å². The average Bonchev–Trinajstić information content (AvgIpc) is 2.96. The standard InChI is InChI=1S/C25H22ClNO4/c1-15(2)31-20-11-6-17(7-12-20)25(3)21-14-18(26)8-13-22(21)27(24(25)30)19-9-4-16(5-10-19)23(28)29/h4-15H,1-3H3,(H,28,29). The molecule has 0 fully saturated rings. The summed E-state index contributed by atoms with van der Waals surface area (Å²) in [5.74, 6) is -0.411. The fraction of sp³-hybridized carbons (Fsp3) is 0.200. The van der Waals surface area contributed by atoms with Crippen molar-refractivity contribution in [3.05, 3.63) is 88.4 Å². The van der Waals surface area contributed by atoms with Crippen LogP contribution in [0.1, 0.15) is 42.3 Å². The zero-order chi connectivity index (χ0) is 22.3. The summed E-state index contributed by atoms with van der Waals surface area (Å²) in [6.45, 7) is 5.80. The van der Waals surface area contributed by atoms with Gasteiger partial charge in [0, 0.05) is 10.7 Å². The monoisotopic (exact) mass is 435 g/mol. The topological polar surface area (TPSA) is 66.8 Å². The lowest BCUT2D eigenvalue weighted by molar-refractivity contribution is -0.120. The predicted molar refractivity (Wildman–Crippen MR) is 121 cm³/mol. The maximum atomic E-state index is 13.8. The van der Waals surface area contributed by atoms with Gasteiger partial charge in [0.05, 0.1) is 22.8 Å². The number of anilines is 2. The van der Waals surface area contributed by atoms with Crippen molar-refractivity contribution in [2.45, 2.75) is 32.3 Å². The molecule has 3 aromatic rings. The molecule has 1 unspecified atom stereocenters. The molecule has 1 atom stereocenters. The Morgan fingerprint density at radius 1 is 1.03 bits per heavy atom. The Labute approximate surface area is 185 Å². The number of halogens is 1. The second-order valence-corrected chi connectivity index (χ2v) is 8.41. The summed E-state index contributed by atoms with van der Waals surface area (Å²) in [4.78, 5) is 26.6. The Hall–Kier alpha value is -3.31. The van der Waals surface area contributed by atoms with Crippen molar-refractivity contribution in [3.8, 4) is 5.75 Å². The number of rotatable bonds is 5. The molecule has 1 heterocycles. The van der Waals surface area contributed by atoms with E-state index in [9.17, 15) is 14.7 Å². The summed E-state index contributed by atoms with van der Waals surface area (Å²) < 4.78 is 5.74. The van der Waals surface area contributed by atoms with Crippen LogP contribution >= 0.6 is 11.6 Å². The molecule has 0 aromatic heterocycles. The molecular formula is C25H22ClNO4. The zero-order valence-corrected chi connectivity index (χ0v) is 18.2. The van der Waals surface area contributed by atoms with Gasteiger partial charge in [-0.2, -0.15) is 0 Å². The molecule has 6 heteroatoms. The van der Waals surface area contributed by atoms with Crippen molar-refractivity contribution < 1.29 is 19.4 Å². The molecule has 0 aliphatic carbocycles. The van der Waals surface area contributed by atoms with Gasteiger partial charge in [0.25, 0.3) is 0 Å². The van der Waals surface area contributed by atoms with E-state index in [4.69, 9.17) is 16.3 Å². The smallest absolute Gasteiger partial charge is 0.335 e. The van der Waals surface area contributed by atoms with Gasteiger partial charge in [-0.3, -0.25) is 9.69 Å². The van der Waals surface area contributed by atoms with E-state index in [-0.39, 0.29) is 17.6 Å². The molecule has 0 saturated heterocycles. The van der Waals surface area contributed by atoms with Crippen molar-refractivity contribution in [1.82, 2.24) is 0 Å². The quantitative estimate of drug-likeness (QED) is 0.549. The summed E-state index contributed by atoms with van der Waals surface area (Å²) in [7, 11) is 0. The number of nitrogens with zero attached hydrogens (tertiary/aromatic N) is 1. The van der Waals surface area contributed by atoms with Crippen LogP contribution in [0.3, 0.4) is 0 Å². The maximum absolute atomic E-state index is 13.8. The molecule has 5 nitrogen and oxygen atoms in total. The van der Waals surface area contributed by atoms with Crippen molar-refractivity contribution >= 4 is 34.9 Å². The van der Waals surface area contributed by atoms with Gasteiger partial charge in [0.1, 0.15) is 5.75 Å². The second-order valence-electron chi connectivity index (χ2n) is 7.97. The lowest BCUT2D eigenvalue weighted by Crippen LogP contribution is -2.36. The number of fused-ring (bicyclic) bond motifs is 1. The van der Waals surface area contributed by atoms with Gasteiger partial charge in [-0.15, -0.1) is 0 Å². The van der Waals surface area contributed by atoms with Crippen LogP contribution in [-0.2, 0) is 10.2 Å². The third-order valence-electron chi connectivity index (χ3n) is 5.54. The molecule has 3 aromatic carbocycles. The van der Waals surface area contributed by atoms with E-state index in [1.807, 2.05) is 57.2 Å². The van der Waals surface area contributed by atoms with Gasteiger partial charge in [-0.25, -0.2) is 4.79 Å². The minimum atomic E-state index is -1.01. The largest absolute Gasteiger partial charge is 0.491 e. The van der Waals surface area contributed by atoms with Crippen LogP contribution in [0.5, 0.6) is 5.75 Å². The van der Waals surface area contributed by atoms with Crippen molar-refractivity contribution in [1.29, 1.82) is 0 Å². The number of amides is 1. The highest BCUT2D eigenvalue weighted by atomic mass is 35.5. The molecule has 1 N–H and O–H groups in total. The first-order valence-electron chi connectivity index (χ1n) is 9.97. The fourth-order valence-electron chi connectivity index (χ4n) is 3.98. The van der Waals surface area contributed by atoms with Crippen LogP contribution in [0.2, 0.25) is 5.02 Å². The number of hydrogen-bond acceptors (Lipinski definition) is 3. The Kier molecular flexibility index (Phi) is 5.23. The number of carboxylic acid groups (broad SMARTS) is 1. The second kappa shape index (κ2) is 7.75. The van der Waals surface area contributed by atoms with Crippen LogP contribution in [0, 0.1) is 0 Å². The number of carbonyl (C=O) groups excluding carboxylic acids is 1. The van der Waals surface area contributed by atoms with E-state index < -0.39 is 11.4 Å². The Bertz CT molecular complexity index is 1160. The maximum Gasteiger partial charge on any atom is 0.335 e. The van der Waals surface area contributed by atoms with E-state index in [0.29, 0.717) is 10.7 Å². The van der Waals surface area contributed by atoms with Crippen LogP contribution in [0.25, 0.3) is 0 Å². The summed E-state index contributed by atoms with van der Waals surface area (Å²) in [6.07, 6.45) is 0.0540. The van der Waals surface area contributed by atoms with Gasteiger partial charge in [0.15, 0.2) is 0 Å². The average molecular weight is 436 g/mol. The number of ether oxygens (including phenoxy) is 1. The van der Waals surface area contributed by atoms with Gasteiger partial charge in [-0.1, -0.05) is 23.7 Å². The van der Waals surface area contributed by atoms with Crippen molar-refractivity contribution in [2.75, 3.05) is 4.90 Å². The first-order valence-corrected chi connectivity index (χ1v) is 10.3. The Morgan fingerprint density at radius 2 is 1.68 bits per heavy atom. The molecule has 4 rings (SSSR count). The highest BCUT2D eigenvalue weighted by Crippen LogP contribution is 2.49. The van der Waals surface area contributed by atoms with E-state index in [2.05, 4.69) is 0 Å². The SMILES string of the molecule is CC(C)Oc1ccc(C2(C)C(=O)N(c3ccc(C(=O)O)cc3)c3ccc(Cl)cc32)cc1. The van der Waals surface area contributed by atoms with Gasteiger partial charge < -0.3 is 9.84 Å². The third-order valence-corrected chi connectivity index (χ3v) is 5.78.